The minimum Gasteiger partial charge on any atom is -0.370 e. The molecular weight excluding hydrogens is 142 g/mol. The number of guanidine groups is 1. The maximum atomic E-state index is 11.3. The maximum absolute atomic E-state index is 11.3. The number of nitrogens with zero attached hydrogens (tertiary/aromatic N) is 1. The van der Waals surface area contributed by atoms with Gasteiger partial charge in [-0.2, -0.15) is 0 Å². The van der Waals surface area contributed by atoms with E-state index in [1.165, 1.54) is 0 Å². The molecule has 0 unspecified atom stereocenters. The minimum absolute atomic E-state index is 0.00694. The van der Waals surface area contributed by atoms with E-state index in [0.717, 1.165) is 25.7 Å². The quantitative estimate of drug-likeness (QED) is 0.503. The first-order valence-electron chi connectivity index (χ1n) is 3.90. The van der Waals surface area contributed by atoms with Crippen molar-refractivity contribution < 1.29 is 4.79 Å². The van der Waals surface area contributed by atoms with Gasteiger partial charge in [0, 0.05) is 0 Å². The van der Waals surface area contributed by atoms with Gasteiger partial charge in [0.25, 0.3) is 5.91 Å². The highest BCUT2D eigenvalue weighted by Gasteiger charge is 2.44. The summed E-state index contributed by atoms with van der Waals surface area (Å²) in [6.45, 7) is 0. The second-order valence-electron chi connectivity index (χ2n) is 3.19. The molecule has 1 heterocycles. The lowest BCUT2D eigenvalue weighted by Gasteiger charge is -2.13. The molecule has 0 aromatic carbocycles. The molecule has 0 radical (unpaired) electrons. The van der Waals surface area contributed by atoms with E-state index in [2.05, 4.69) is 10.3 Å². The average Bonchev–Trinajstić information content (AvgIpc) is 2.45. The first-order valence-corrected chi connectivity index (χ1v) is 3.90. The second kappa shape index (κ2) is 1.96. The fraction of sp³-hybridized carbons (Fsp3) is 0.714. The molecule has 4 heteroatoms. The van der Waals surface area contributed by atoms with Gasteiger partial charge in [0.15, 0.2) is 5.96 Å². The van der Waals surface area contributed by atoms with E-state index in [-0.39, 0.29) is 11.9 Å². The fourth-order valence-electron chi connectivity index (χ4n) is 1.84. The van der Waals surface area contributed by atoms with E-state index < -0.39 is 5.54 Å². The Morgan fingerprint density at radius 1 is 1.45 bits per heavy atom. The van der Waals surface area contributed by atoms with Gasteiger partial charge in [-0.3, -0.25) is 10.1 Å². The van der Waals surface area contributed by atoms with Gasteiger partial charge < -0.3 is 5.73 Å². The van der Waals surface area contributed by atoms with Gasteiger partial charge in [0.2, 0.25) is 0 Å². The van der Waals surface area contributed by atoms with Crippen LogP contribution in [0.4, 0.5) is 0 Å². The molecule has 2 rings (SSSR count). The molecular formula is C7H11N3O. The number of carbonyl (C=O) groups excluding carboxylic acids is 1. The Kier molecular flexibility index (Phi) is 1.19. The summed E-state index contributed by atoms with van der Waals surface area (Å²) in [5.41, 5.74) is 4.93. The normalized spacial score (nSPS) is 27.3. The molecule has 0 atom stereocenters. The standard InChI is InChI=1S/C7H11N3O/c8-6-9-5(11)7(10-6)3-1-2-4-7/h1-4H2,(H3,8,9,10,11). The van der Waals surface area contributed by atoms with Crippen molar-refractivity contribution in [3.8, 4) is 0 Å². The Labute approximate surface area is 64.9 Å². The van der Waals surface area contributed by atoms with E-state index >= 15 is 0 Å². The zero-order valence-corrected chi connectivity index (χ0v) is 6.26. The number of hydrogen-bond acceptors (Lipinski definition) is 3. The van der Waals surface area contributed by atoms with E-state index in [0.29, 0.717) is 0 Å². The van der Waals surface area contributed by atoms with Crippen LogP contribution in [0.25, 0.3) is 0 Å². The van der Waals surface area contributed by atoms with Crippen molar-refractivity contribution in [1.82, 2.24) is 5.32 Å². The molecule has 0 aromatic heterocycles. The third-order valence-electron chi connectivity index (χ3n) is 2.43. The Balaban J connectivity index is 2.30. The van der Waals surface area contributed by atoms with Gasteiger partial charge in [-0.25, -0.2) is 4.99 Å². The number of hydrogen-bond donors (Lipinski definition) is 2. The van der Waals surface area contributed by atoms with Crippen LogP contribution >= 0.6 is 0 Å². The largest absolute Gasteiger partial charge is 0.370 e. The van der Waals surface area contributed by atoms with E-state index in [1.807, 2.05) is 0 Å². The van der Waals surface area contributed by atoms with Crippen LogP contribution in [0.5, 0.6) is 0 Å². The van der Waals surface area contributed by atoms with Crippen molar-refractivity contribution in [1.29, 1.82) is 0 Å². The van der Waals surface area contributed by atoms with Gasteiger partial charge in [0.1, 0.15) is 5.54 Å². The Hall–Kier alpha value is -1.06. The summed E-state index contributed by atoms with van der Waals surface area (Å²) in [5, 5.41) is 2.54. The lowest BCUT2D eigenvalue weighted by molar-refractivity contribution is -0.123. The molecule has 0 saturated heterocycles. The first-order chi connectivity index (χ1) is 5.23. The third-order valence-corrected chi connectivity index (χ3v) is 2.43. The van der Waals surface area contributed by atoms with Gasteiger partial charge in [0.05, 0.1) is 0 Å². The SMILES string of the molecule is NC1=NC2(CCCC2)C(=O)N1. The summed E-state index contributed by atoms with van der Waals surface area (Å²) < 4.78 is 0. The highest BCUT2D eigenvalue weighted by molar-refractivity contribution is 6.06. The highest BCUT2D eigenvalue weighted by Crippen LogP contribution is 2.35. The van der Waals surface area contributed by atoms with Crippen LogP contribution in [0.15, 0.2) is 4.99 Å². The predicted molar refractivity (Wildman–Crippen MR) is 41.0 cm³/mol. The molecule has 11 heavy (non-hydrogen) atoms. The molecule has 60 valence electrons. The van der Waals surface area contributed by atoms with Crippen LogP contribution in [0, 0.1) is 0 Å². The van der Waals surface area contributed by atoms with Crippen LogP contribution in [0.1, 0.15) is 25.7 Å². The molecule has 1 amide bonds. The number of rotatable bonds is 0. The van der Waals surface area contributed by atoms with Crippen molar-refractivity contribution in [3.05, 3.63) is 0 Å². The van der Waals surface area contributed by atoms with Crippen molar-refractivity contribution in [2.24, 2.45) is 10.7 Å². The Morgan fingerprint density at radius 3 is 2.55 bits per heavy atom. The Bertz CT molecular complexity index is 228. The van der Waals surface area contributed by atoms with Crippen LogP contribution in [-0.2, 0) is 4.79 Å². The second-order valence-corrected chi connectivity index (χ2v) is 3.19. The van der Waals surface area contributed by atoms with Gasteiger partial charge >= 0.3 is 0 Å². The molecule has 1 spiro atoms. The van der Waals surface area contributed by atoms with Crippen LogP contribution < -0.4 is 11.1 Å². The van der Waals surface area contributed by atoms with Crippen LogP contribution in [0.3, 0.4) is 0 Å². The summed E-state index contributed by atoms with van der Waals surface area (Å²) in [4.78, 5) is 15.4. The molecule has 4 nitrogen and oxygen atoms in total. The molecule has 1 saturated carbocycles. The first kappa shape index (κ1) is 6.64. The maximum Gasteiger partial charge on any atom is 0.254 e. The summed E-state index contributed by atoms with van der Waals surface area (Å²) in [6.07, 6.45) is 3.90. The highest BCUT2D eigenvalue weighted by atomic mass is 16.2. The number of nitrogens with two attached hydrogens (primary N) is 1. The zero-order chi connectivity index (χ0) is 7.90. The van der Waals surface area contributed by atoms with Crippen molar-refractivity contribution in [3.63, 3.8) is 0 Å². The molecule has 0 aromatic rings. The fourth-order valence-corrected chi connectivity index (χ4v) is 1.84. The molecule has 1 aliphatic carbocycles. The lowest BCUT2D eigenvalue weighted by atomic mass is 9.99. The van der Waals surface area contributed by atoms with Gasteiger partial charge in [-0.05, 0) is 12.8 Å². The van der Waals surface area contributed by atoms with Crippen LogP contribution in [0.2, 0.25) is 0 Å². The van der Waals surface area contributed by atoms with Gasteiger partial charge in [-0.1, -0.05) is 12.8 Å². The van der Waals surface area contributed by atoms with E-state index in [4.69, 9.17) is 5.73 Å². The summed E-state index contributed by atoms with van der Waals surface area (Å²) in [6, 6.07) is 0. The summed E-state index contributed by atoms with van der Waals surface area (Å²) in [7, 11) is 0. The predicted octanol–water partition coefficient (Wildman–Crippen LogP) is -0.256. The molecule has 3 N–H and O–H groups in total. The number of amides is 1. The molecule has 1 fully saturated rings. The number of carbonyl (C=O) groups is 1. The van der Waals surface area contributed by atoms with Crippen LogP contribution in [-0.4, -0.2) is 17.4 Å². The van der Waals surface area contributed by atoms with Crippen molar-refractivity contribution in [2.75, 3.05) is 0 Å². The zero-order valence-electron chi connectivity index (χ0n) is 6.26. The number of aliphatic imine (C=N–C) groups is 1. The lowest BCUT2D eigenvalue weighted by Crippen LogP contribution is -2.38. The minimum atomic E-state index is -0.468. The van der Waals surface area contributed by atoms with Crippen molar-refractivity contribution in [2.45, 2.75) is 31.2 Å². The van der Waals surface area contributed by atoms with Crippen molar-refractivity contribution >= 4 is 11.9 Å². The smallest absolute Gasteiger partial charge is 0.254 e. The topological polar surface area (TPSA) is 67.5 Å². The van der Waals surface area contributed by atoms with E-state index in [9.17, 15) is 4.79 Å². The molecule has 2 aliphatic rings. The monoisotopic (exact) mass is 153 g/mol. The average molecular weight is 153 g/mol. The Morgan fingerprint density at radius 2 is 2.09 bits per heavy atom. The van der Waals surface area contributed by atoms with E-state index in [1.54, 1.807) is 0 Å². The summed E-state index contributed by atoms with van der Waals surface area (Å²) in [5.74, 6) is 0.282. The summed E-state index contributed by atoms with van der Waals surface area (Å²) >= 11 is 0. The molecule has 1 aliphatic heterocycles. The molecule has 0 bridgehead atoms. The number of nitrogens with one attached hydrogen (secondary N) is 1. The third kappa shape index (κ3) is 0.818. The van der Waals surface area contributed by atoms with Gasteiger partial charge in [-0.15, -0.1) is 0 Å².